The Morgan fingerprint density at radius 1 is 1.04 bits per heavy atom. The minimum Gasteiger partial charge on any atom is -0.366 e. The molecule has 0 radical (unpaired) electrons. The van der Waals surface area contributed by atoms with Crippen LogP contribution >= 0.6 is 12.2 Å². The lowest BCUT2D eigenvalue weighted by Crippen LogP contribution is -2.50. The predicted octanol–water partition coefficient (Wildman–Crippen LogP) is 4.69. The van der Waals surface area contributed by atoms with Gasteiger partial charge in [-0.05, 0) is 54.9 Å². The highest BCUT2D eigenvalue weighted by molar-refractivity contribution is 7.80. The number of nitrogens with zero attached hydrogens (tertiary/aromatic N) is 2. The number of nitrogens with one attached hydrogen (secondary N) is 1. The number of piperazine rings is 1. The topological polar surface area (TPSA) is 18.5 Å². The van der Waals surface area contributed by atoms with Crippen molar-refractivity contribution < 1.29 is 4.39 Å². The van der Waals surface area contributed by atoms with Gasteiger partial charge in [-0.1, -0.05) is 37.6 Å². The molecule has 1 heterocycles. The number of rotatable bonds is 5. The van der Waals surface area contributed by atoms with Gasteiger partial charge >= 0.3 is 0 Å². The summed E-state index contributed by atoms with van der Waals surface area (Å²) in [5.74, 6) is -0.162. The highest BCUT2D eigenvalue weighted by Gasteiger charge is 2.20. The van der Waals surface area contributed by atoms with E-state index in [1.54, 1.807) is 6.07 Å². The number of halogens is 1. The Bertz CT molecular complexity index is 724. The van der Waals surface area contributed by atoms with Crippen LogP contribution in [0.25, 0.3) is 0 Å². The highest BCUT2D eigenvalue weighted by Crippen LogP contribution is 2.20. The van der Waals surface area contributed by atoms with Gasteiger partial charge in [0.05, 0.1) is 5.69 Å². The van der Waals surface area contributed by atoms with Crippen LogP contribution in [-0.4, -0.2) is 36.2 Å². The molecule has 2 aromatic rings. The van der Waals surface area contributed by atoms with E-state index in [4.69, 9.17) is 12.2 Å². The molecule has 0 atom stereocenters. The van der Waals surface area contributed by atoms with E-state index in [0.717, 1.165) is 43.4 Å². The Morgan fingerprint density at radius 3 is 2.38 bits per heavy atom. The molecule has 1 saturated heterocycles. The molecule has 1 N–H and O–H groups in total. The molecular formula is C21H26FN3S. The van der Waals surface area contributed by atoms with Crippen molar-refractivity contribution in [1.29, 1.82) is 0 Å². The lowest BCUT2D eigenvalue weighted by molar-refractivity contribution is 0.388. The van der Waals surface area contributed by atoms with E-state index >= 15 is 0 Å². The van der Waals surface area contributed by atoms with Crippen molar-refractivity contribution in [2.45, 2.75) is 26.2 Å². The highest BCUT2D eigenvalue weighted by atomic mass is 32.1. The summed E-state index contributed by atoms with van der Waals surface area (Å²) in [5.41, 5.74) is 3.06. The first-order chi connectivity index (χ1) is 12.7. The molecule has 0 aliphatic carbocycles. The number of para-hydroxylation sites is 1. The van der Waals surface area contributed by atoms with Crippen LogP contribution in [0.2, 0.25) is 0 Å². The normalized spacial score (nSPS) is 14.4. The molecule has 3 nitrogen and oxygen atoms in total. The average molecular weight is 372 g/mol. The Kier molecular flexibility index (Phi) is 6.45. The van der Waals surface area contributed by atoms with Gasteiger partial charge in [-0.3, -0.25) is 0 Å². The van der Waals surface area contributed by atoms with Gasteiger partial charge < -0.3 is 15.1 Å². The summed E-state index contributed by atoms with van der Waals surface area (Å²) in [6, 6.07) is 15.5. The predicted molar refractivity (Wildman–Crippen MR) is 111 cm³/mol. The van der Waals surface area contributed by atoms with Crippen LogP contribution < -0.4 is 10.2 Å². The van der Waals surface area contributed by atoms with Gasteiger partial charge in [0.15, 0.2) is 5.11 Å². The molecule has 1 aliphatic rings. The van der Waals surface area contributed by atoms with Gasteiger partial charge in [-0.2, -0.15) is 0 Å². The second kappa shape index (κ2) is 8.99. The van der Waals surface area contributed by atoms with Gasteiger partial charge in [0.2, 0.25) is 0 Å². The summed E-state index contributed by atoms with van der Waals surface area (Å²) in [7, 11) is 0. The summed E-state index contributed by atoms with van der Waals surface area (Å²) in [6.45, 7) is 5.31. The van der Waals surface area contributed by atoms with Crippen LogP contribution in [-0.2, 0) is 6.42 Å². The van der Waals surface area contributed by atoms with Crippen LogP contribution in [0.1, 0.15) is 25.3 Å². The van der Waals surface area contributed by atoms with Gasteiger partial charge in [0.25, 0.3) is 0 Å². The minimum absolute atomic E-state index is 0.162. The molecule has 0 bridgehead atoms. The summed E-state index contributed by atoms with van der Waals surface area (Å²) in [5, 5.41) is 4.06. The van der Waals surface area contributed by atoms with Gasteiger partial charge in [-0.15, -0.1) is 0 Å². The molecule has 26 heavy (non-hydrogen) atoms. The van der Waals surface area contributed by atoms with Gasteiger partial charge in [0.1, 0.15) is 5.82 Å². The first kappa shape index (κ1) is 18.6. The van der Waals surface area contributed by atoms with Crippen molar-refractivity contribution in [1.82, 2.24) is 4.90 Å². The monoisotopic (exact) mass is 371 g/mol. The van der Waals surface area contributed by atoms with Crippen molar-refractivity contribution in [3.63, 3.8) is 0 Å². The molecule has 0 unspecified atom stereocenters. The summed E-state index contributed by atoms with van der Waals surface area (Å²) >= 11 is 5.56. The Morgan fingerprint density at radius 2 is 1.73 bits per heavy atom. The second-order valence-corrected chi connectivity index (χ2v) is 7.04. The van der Waals surface area contributed by atoms with Crippen molar-refractivity contribution in [3.05, 3.63) is 59.9 Å². The number of aryl methyl sites for hydroxylation is 1. The lowest BCUT2D eigenvalue weighted by atomic mass is 10.1. The van der Waals surface area contributed by atoms with Gasteiger partial charge in [0, 0.05) is 31.9 Å². The van der Waals surface area contributed by atoms with E-state index in [-0.39, 0.29) is 5.82 Å². The maximum absolute atomic E-state index is 13.9. The van der Waals surface area contributed by atoms with E-state index in [1.165, 1.54) is 24.5 Å². The molecule has 138 valence electrons. The molecule has 0 saturated carbocycles. The van der Waals surface area contributed by atoms with E-state index in [2.05, 4.69) is 46.3 Å². The smallest absolute Gasteiger partial charge is 0.173 e. The third kappa shape index (κ3) is 4.73. The standard InChI is InChI=1S/C21H26FN3S/c1-2-3-6-17-9-11-18(12-10-17)23-21(26)25-15-13-24(14-16-25)20-8-5-4-7-19(20)22/h4-5,7-12H,2-3,6,13-16H2,1H3,(H,23,26). The van der Waals surface area contributed by atoms with E-state index in [1.807, 2.05) is 12.1 Å². The SMILES string of the molecule is CCCCc1ccc(NC(=S)N2CCN(c3ccccc3F)CC2)cc1. The summed E-state index contributed by atoms with van der Waals surface area (Å²) in [6.07, 6.45) is 3.56. The molecule has 0 amide bonds. The first-order valence-corrected chi connectivity index (χ1v) is 9.72. The zero-order valence-corrected chi connectivity index (χ0v) is 16.1. The van der Waals surface area contributed by atoms with Crippen LogP contribution in [0, 0.1) is 5.82 Å². The number of benzene rings is 2. The van der Waals surface area contributed by atoms with Crippen molar-refractivity contribution in [3.8, 4) is 0 Å². The molecule has 2 aromatic carbocycles. The molecular weight excluding hydrogens is 345 g/mol. The number of anilines is 2. The van der Waals surface area contributed by atoms with Crippen LogP contribution in [0.4, 0.5) is 15.8 Å². The first-order valence-electron chi connectivity index (χ1n) is 9.31. The third-order valence-electron chi connectivity index (χ3n) is 4.78. The fraction of sp³-hybridized carbons (Fsp3) is 0.381. The van der Waals surface area contributed by atoms with Crippen molar-refractivity contribution in [2.24, 2.45) is 0 Å². The lowest BCUT2D eigenvalue weighted by Gasteiger charge is -2.37. The number of unbranched alkanes of at least 4 members (excludes halogenated alkanes) is 1. The van der Waals surface area contributed by atoms with Crippen LogP contribution in [0.3, 0.4) is 0 Å². The second-order valence-electron chi connectivity index (χ2n) is 6.66. The van der Waals surface area contributed by atoms with Crippen molar-refractivity contribution >= 4 is 28.7 Å². The van der Waals surface area contributed by atoms with Gasteiger partial charge in [-0.25, -0.2) is 4.39 Å². The van der Waals surface area contributed by atoms with Crippen LogP contribution in [0.15, 0.2) is 48.5 Å². The quantitative estimate of drug-likeness (QED) is 0.769. The molecule has 0 spiro atoms. The Labute approximate surface area is 160 Å². The number of hydrogen-bond donors (Lipinski definition) is 1. The molecule has 3 rings (SSSR count). The molecule has 0 aromatic heterocycles. The largest absolute Gasteiger partial charge is 0.366 e. The fourth-order valence-electron chi connectivity index (χ4n) is 3.20. The van der Waals surface area contributed by atoms with Crippen LogP contribution in [0.5, 0.6) is 0 Å². The zero-order chi connectivity index (χ0) is 18.4. The minimum atomic E-state index is -0.162. The average Bonchev–Trinajstić information content (AvgIpc) is 2.68. The maximum atomic E-state index is 13.9. The Balaban J connectivity index is 1.51. The Hall–Kier alpha value is -2.14. The van der Waals surface area contributed by atoms with E-state index < -0.39 is 0 Å². The number of thiocarbonyl (C=S) groups is 1. The zero-order valence-electron chi connectivity index (χ0n) is 15.2. The summed E-state index contributed by atoms with van der Waals surface area (Å²) < 4.78 is 13.9. The third-order valence-corrected chi connectivity index (χ3v) is 5.14. The maximum Gasteiger partial charge on any atom is 0.173 e. The number of hydrogen-bond acceptors (Lipinski definition) is 2. The molecule has 5 heteroatoms. The van der Waals surface area contributed by atoms with E-state index in [0.29, 0.717) is 5.69 Å². The molecule has 1 aliphatic heterocycles. The fourth-order valence-corrected chi connectivity index (χ4v) is 3.50. The molecule has 1 fully saturated rings. The summed E-state index contributed by atoms with van der Waals surface area (Å²) in [4.78, 5) is 4.23. The van der Waals surface area contributed by atoms with Crippen molar-refractivity contribution in [2.75, 3.05) is 36.4 Å². The van der Waals surface area contributed by atoms with E-state index in [9.17, 15) is 4.39 Å².